The van der Waals surface area contributed by atoms with E-state index in [2.05, 4.69) is 0 Å². The van der Waals surface area contributed by atoms with Gasteiger partial charge in [-0.25, -0.2) is 0 Å². The van der Waals surface area contributed by atoms with Crippen LogP contribution in [0.3, 0.4) is 0 Å². The quantitative estimate of drug-likeness (QED) is 0.923. The molecule has 1 N–H and O–H groups in total. The van der Waals surface area contributed by atoms with E-state index in [1.165, 1.54) is 0 Å². The summed E-state index contributed by atoms with van der Waals surface area (Å²) >= 11 is 1.59. The number of aliphatic carboxylic acids is 1. The molecule has 1 fully saturated rings. The van der Waals surface area contributed by atoms with Crippen molar-refractivity contribution in [3.05, 3.63) is 52.7 Å². The lowest BCUT2D eigenvalue weighted by Gasteiger charge is -2.22. The van der Waals surface area contributed by atoms with E-state index < -0.39 is 11.9 Å². The molecule has 1 aromatic heterocycles. The van der Waals surface area contributed by atoms with Crippen molar-refractivity contribution in [2.24, 2.45) is 11.8 Å². The lowest BCUT2D eigenvalue weighted by atomic mass is 10.2. The maximum Gasteiger partial charge on any atom is 0.307 e. The van der Waals surface area contributed by atoms with Gasteiger partial charge in [0.1, 0.15) is 0 Å². The first-order valence-corrected chi connectivity index (χ1v) is 7.71. The average molecular weight is 301 g/mol. The number of amides is 1. The second-order valence-corrected chi connectivity index (χ2v) is 5.96. The van der Waals surface area contributed by atoms with Gasteiger partial charge in [-0.3, -0.25) is 9.59 Å². The van der Waals surface area contributed by atoms with Crippen molar-refractivity contribution in [2.45, 2.75) is 13.0 Å². The Hall–Kier alpha value is -2.14. The van der Waals surface area contributed by atoms with Crippen molar-refractivity contribution in [3.8, 4) is 0 Å². The van der Waals surface area contributed by atoms with E-state index in [0.717, 1.165) is 11.3 Å². The topological polar surface area (TPSA) is 57.6 Å². The van der Waals surface area contributed by atoms with Gasteiger partial charge in [0.15, 0.2) is 0 Å². The van der Waals surface area contributed by atoms with E-state index >= 15 is 0 Å². The summed E-state index contributed by atoms with van der Waals surface area (Å²) in [5.41, 5.74) is 1.87. The summed E-state index contributed by atoms with van der Waals surface area (Å²) in [5, 5.41) is 13.0. The summed E-state index contributed by atoms with van der Waals surface area (Å²) in [4.78, 5) is 25.3. The number of hydrogen-bond donors (Lipinski definition) is 1. The van der Waals surface area contributed by atoms with Crippen LogP contribution >= 0.6 is 11.3 Å². The Kier molecular flexibility index (Phi) is 3.75. The number of carboxylic acid groups (broad SMARTS) is 1. The molecular formula is C16H15NO3S. The highest BCUT2D eigenvalue weighted by Crippen LogP contribution is 2.41. The van der Waals surface area contributed by atoms with Gasteiger partial charge in [0.05, 0.1) is 18.4 Å². The van der Waals surface area contributed by atoms with Crippen LogP contribution in [-0.2, 0) is 16.1 Å². The second-order valence-electron chi connectivity index (χ2n) is 5.18. The highest BCUT2D eigenvalue weighted by atomic mass is 32.1. The predicted molar refractivity (Wildman–Crippen MR) is 81.2 cm³/mol. The van der Waals surface area contributed by atoms with Gasteiger partial charge in [-0.15, -0.1) is 0 Å². The monoisotopic (exact) mass is 301 g/mol. The van der Waals surface area contributed by atoms with Gasteiger partial charge in [-0.1, -0.05) is 18.2 Å². The summed E-state index contributed by atoms with van der Waals surface area (Å²) in [6, 6.07) is 11.4. The first kappa shape index (κ1) is 13.8. The van der Waals surface area contributed by atoms with E-state index in [-0.39, 0.29) is 11.8 Å². The molecule has 0 unspecified atom stereocenters. The van der Waals surface area contributed by atoms with Gasteiger partial charge in [-0.2, -0.15) is 11.3 Å². The fourth-order valence-electron chi connectivity index (χ4n) is 2.41. The molecule has 1 aromatic carbocycles. The molecule has 0 bridgehead atoms. The number of para-hydroxylation sites is 1. The Morgan fingerprint density at radius 1 is 1.19 bits per heavy atom. The molecule has 1 aliphatic rings. The summed E-state index contributed by atoms with van der Waals surface area (Å²) in [7, 11) is 0. The van der Waals surface area contributed by atoms with E-state index in [9.17, 15) is 9.59 Å². The van der Waals surface area contributed by atoms with Crippen LogP contribution in [0.5, 0.6) is 0 Å². The number of carbonyl (C=O) groups excluding carboxylic acids is 1. The van der Waals surface area contributed by atoms with Crippen molar-refractivity contribution < 1.29 is 14.7 Å². The lowest BCUT2D eigenvalue weighted by Crippen LogP contribution is -2.32. The van der Waals surface area contributed by atoms with Gasteiger partial charge in [0, 0.05) is 5.69 Å². The SMILES string of the molecule is O=C(O)[C@@H]1C[C@@H]1C(=O)N(Cc1ccsc1)c1ccccc1. The normalized spacial score (nSPS) is 20.0. The summed E-state index contributed by atoms with van der Waals surface area (Å²) in [6.07, 6.45) is 0.446. The minimum atomic E-state index is -0.878. The molecule has 108 valence electrons. The fraction of sp³-hybridized carbons (Fsp3) is 0.250. The van der Waals surface area contributed by atoms with Crippen LogP contribution in [0.15, 0.2) is 47.2 Å². The largest absolute Gasteiger partial charge is 0.481 e. The molecule has 3 rings (SSSR count). The molecule has 2 aromatic rings. The number of rotatable bonds is 5. The molecule has 1 saturated carbocycles. The van der Waals surface area contributed by atoms with E-state index in [0.29, 0.717) is 13.0 Å². The molecule has 5 heteroatoms. The van der Waals surface area contributed by atoms with Crippen molar-refractivity contribution >= 4 is 28.9 Å². The van der Waals surface area contributed by atoms with Crippen molar-refractivity contribution in [2.75, 3.05) is 4.90 Å². The summed E-state index contributed by atoms with van der Waals surface area (Å²) in [5.74, 6) is -1.88. The van der Waals surface area contributed by atoms with Gasteiger partial charge in [0.25, 0.3) is 0 Å². The minimum absolute atomic E-state index is 0.0974. The third-order valence-electron chi connectivity index (χ3n) is 3.68. The van der Waals surface area contributed by atoms with Crippen LogP contribution in [0.2, 0.25) is 0 Å². The number of nitrogens with zero attached hydrogens (tertiary/aromatic N) is 1. The van der Waals surface area contributed by atoms with Gasteiger partial charge < -0.3 is 10.0 Å². The third-order valence-corrected chi connectivity index (χ3v) is 4.41. The number of benzene rings is 1. The molecule has 1 amide bonds. The Balaban J connectivity index is 1.83. The van der Waals surface area contributed by atoms with Gasteiger partial charge >= 0.3 is 5.97 Å². The lowest BCUT2D eigenvalue weighted by molar-refractivity contribution is -0.140. The molecule has 1 heterocycles. The van der Waals surface area contributed by atoms with Crippen LogP contribution in [0.25, 0.3) is 0 Å². The Bertz CT molecular complexity index is 639. The Morgan fingerprint density at radius 3 is 2.52 bits per heavy atom. The van der Waals surface area contributed by atoms with Crippen molar-refractivity contribution in [1.29, 1.82) is 0 Å². The van der Waals surface area contributed by atoms with Gasteiger partial charge in [0.2, 0.25) is 5.91 Å². The minimum Gasteiger partial charge on any atom is -0.481 e. The first-order valence-electron chi connectivity index (χ1n) is 6.77. The van der Waals surface area contributed by atoms with E-state index in [4.69, 9.17) is 5.11 Å². The van der Waals surface area contributed by atoms with Crippen molar-refractivity contribution in [3.63, 3.8) is 0 Å². The van der Waals surface area contributed by atoms with E-state index in [1.54, 1.807) is 16.2 Å². The highest BCUT2D eigenvalue weighted by molar-refractivity contribution is 7.07. The average Bonchev–Trinajstić information content (AvgIpc) is 3.15. The van der Waals surface area contributed by atoms with E-state index in [1.807, 2.05) is 47.2 Å². The Morgan fingerprint density at radius 2 is 1.95 bits per heavy atom. The highest BCUT2D eigenvalue weighted by Gasteiger charge is 2.50. The number of carbonyl (C=O) groups is 2. The molecule has 21 heavy (non-hydrogen) atoms. The maximum atomic E-state index is 12.6. The predicted octanol–water partition coefficient (Wildman–Crippen LogP) is 3.00. The molecule has 0 spiro atoms. The Labute approximate surface area is 126 Å². The fourth-order valence-corrected chi connectivity index (χ4v) is 3.07. The number of thiophene rings is 1. The summed E-state index contributed by atoms with van der Waals surface area (Å²) < 4.78 is 0. The zero-order valence-corrected chi connectivity index (χ0v) is 12.1. The van der Waals surface area contributed by atoms with Crippen LogP contribution in [0.4, 0.5) is 5.69 Å². The molecule has 4 nitrogen and oxygen atoms in total. The number of anilines is 1. The second kappa shape index (κ2) is 5.69. The molecule has 2 atom stereocenters. The van der Waals surface area contributed by atoms with Crippen LogP contribution in [0.1, 0.15) is 12.0 Å². The van der Waals surface area contributed by atoms with Gasteiger partial charge in [-0.05, 0) is 40.9 Å². The van der Waals surface area contributed by atoms with Crippen LogP contribution < -0.4 is 4.90 Å². The molecule has 0 saturated heterocycles. The third kappa shape index (κ3) is 2.97. The number of hydrogen-bond acceptors (Lipinski definition) is 3. The maximum absolute atomic E-state index is 12.6. The standard InChI is InChI=1S/C16H15NO3S/c18-15(13-8-14(13)16(19)20)17(9-11-6-7-21-10-11)12-4-2-1-3-5-12/h1-7,10,13-14H,8-9H2,(H,19,20)/t13-,14+/m0/s1. The number of carboxylic acids is 1. The smallest absolute Gasteiger partial charge is 0.307 e. The van der Waals surface area contributed by atoms with Crippen molar-refractivity contribution in [1.82, 2.24) is 0 Å². The molecular weight excluding hydrogens is 286 g/mol. The van der Waals surface area contributed by atoms with Crippen LogP contribution in [-0.4, -0.2) is 17.0 Å². The summed E-state index contributed by atoms with van der Waals surface area (Å²) in [6.45, 7) is 0.481. The zero-order valence-electron chi connectivity index (χ0n) is 11.3. The molecule has 1 aliphatic carbocycles. The molecule has 0 radical (unpaired) electrons. The first-order chi connectivity index (χ1) is 10.2. The molecule has 0 aliphatic heterocycles. The zero-order chi connectivity index (χ0) is 14.8. The van der Waals surface area contributed by atoms with Crippen LogP contribution in [0, 0.1) is 11.8 Å².